The summed E-state index contributed by atoms with van der Waals surface area (Å²) in [6.07, 6.45) is 1.18. The van der Waals surface area contributed by atoms with Crippen LogP contribution in [0.2, 0.25) is 0 Å². The molecule has 1 heterocycles. The van der Waals surface area contributed by atoms with Gasteiger partial charge < -0.3 is 10.8 Å². The molecule has 0 saturated heterocycles. The van der Waals surface area contributed by atoms with Crippen molar-refractivity contribution in [1.82, 2.24) is 9.78 Å². The number of aromatic carboxylic acids is 1. The predicted octanol–water partition coefficient (Wildman–Crippen LogP) is 1.35. The summed E-state index contributed by atoms with van der Waals surface area (Å²) in [6, 6.07) is 5.97. The molecule has 0 bridgehead atoms. The largest absolute Gasteiger partial charge is 0.477 e. The number of benzene rings is 1. The lowest BCUT2D eigenvalue weighted by Gasteiger charge is -2.04. The quantitative estimate of drug-likeness (QED) is 0.841. The number of anilines is 1. The Morgan fingerprint density at radius 3 is 2.88 bits per heavy atom. The zero-order valence-electron chi connectivity index (χ0n) is 8.80. The Morgan fingerprint density at radius 2 is 2.29 bits per heavy atom. The van der Waals surface area contributed by atoms with E-state index in [2.05, 4.69) is 5.10 Å². The molecule has 0 saturated carbocycles. The van der Waals surface area contributed by atoms with E-state index in [0.29, 0.717) is 5.56 Å². The Hall–Kier alpha value is -2.37. The zero-order chi connectivity index (χ0) is 12.4. The van der Waals surface area contributed by atoms with Crippen LogP contribution in [-0.2, 0) is 6.54 Å². The zero-order valence-corrected chi connectivity index (χ0v) is 8.80. The van der Waals surface area contributed by atoms with Crippen LogP contribution in [0.4, 0.5) is 10.2 Å². The third-order valence-corrected chi connectivity index (χ3v) is 2.33. The van der Waals surface area contributed by atoms with Crippen LogP contribution in [0.3, 0.4) is 0 Å². The molecule has 1 aromatic carbocycles. The van der Waals surface area contributed by atoms with Gasteiger partial charge in [0.2, 0.25) is 0 Å². The molecular weight excluding hydrogens is 225 g/mol. The maximum Gasteiger partial charge on any atom is 0.341 e. The SMILES string of the molecule is Nc1c(C(=O)O)cnn1Cc1cccc(F)c1. The second-order valence-corrected chi connectivity index (χ2v) is 3.54. The second kappa shape index (κ2) is 4.25. The van der Waals surface area contributed by atoms with Crippen molar-refractivity contribution in [3.8, 4) is 0 Å². The fraction of sp³-hybridized carbons (Fsp3) is 0.0909. The highest BCUT2D eigenvalue weighted by atomic mass is 19.1. The number of hydrogen-bond acceptors (Lipinski definition) is 3. The molecule has 2 rings (SSSR count). The monoisotopic (exact) mass is 235 g/mol. The average molecular weight is 235 g/mol. The summed E-state index contributed by atoms with van der Waals surface area (Å²) in [5.74, 6) is -1.43. The van der Waals surface area contributed by atoms with Gasteiger partial charge in [0, 0.05) is 0 Å². The predicted molar refractivity (Wildman–Crippen MR) is 59.1 cm³/mol. The number of carbonyl (C=O) groups is 1. The fourth-order valence-corrected chi connectivity index (χ4v) is 1.49. The average Bonchev–Trinajstić information content (AvgIpc) is 2.61. The van der Waals surface area contributed by atoms with Crippen LogP contribution in [0.1, 0.15) is 15.9 Å². The highest BCUT2D eigenvalue weighted by Gasteiger charge is 2.13. The number of carboxylic acids is 1. The minimum atomic E-state index is -1.13. The molecule has 6 heteroatoms. The van der Waals surface area contributed by atoms with Gasteiger partial charge >= 0.3 is 5.97 Å². The minimum Gasteiger partial charge on any atom is -0.477 e. The van der Waals surface area contributed by atoms with E-state index in [0.717, 1.165) is 0 Å². The number of rotatable bonds is 3. The highest BCUT2D eigenvalue weighted by Crippen LogP contribution is 2.13. The van der Waals surface area contributed by atoms with Gasteiger partial charge in [0.25, 0.3) is 0 Å². The van der Waals surface area contributed by atoms with Crippen molar-refractivity contribution in [2.75, 3.05) is 5.73 Å². The Labute approximate surface area is 96.3 Å². The van der Waals surface area contributed by atoms with Crippen LogP contribution >= 0.6 is 0 Å². The van der Waals surface area contributed by atoms with E-state index in [-0.39, 0.29) is 23.7 Å². The number of halogens is 1. The molecule has 0 unspecified atom stereocenters. The molecule has 0 spiro atoms. The van der Waals surface area contributed by atoms with Gasteiger partial charge in [-0.2, -0.15) is 5.10 Å². The Balaban J connectivity index is 2.28. The first kappa shape index (κ1) is 11.1. The molecular formula is C11H10FN3O2. The van der Waals surface area contributed by atoms with Crippen molar-refractivity contribution in [1.29, 1.82) is 0 Å². The summed E-state index contributed by atoms with van der Waals surface area (Å²) in [5.41, 5.74) is 6.23. The lowest BCUT2D eigenvalue weighted by molar-refractivity contribution is 0.0698. The summed E-state index contributed by atoms with van der Waals surface area (Å²) < 4.78 is 14.3. The van der Waals surface area contributed by atoms with Crippen LogP contribution in [0.5, 0.6) is 0 Å². The maximum atomic E-state index is 12.9. The standard InChI is InChI=1S/C11H10FN3O2/c12-8-3-1-2-7(4-8)6-15-10(13)9(5-14-15)11(16)17/h1-5H,6,13H2,(H,16,17). The first-order chi connectivity index (χ1) is 8.08. The Bertz CT molecular complexity index is 566. The Kier molecular flexibility index (Phi) is 2.78. The van der Waals surface area contributed by atoms with Crippen LogP contribution in [0, 0.1) is 5.82 Å². The van der Waals surface area contributed by atoms with Crippen molar-refractivity contribution >= 4 is 11.8 Å². The van der Waals surface area contributed by atoms with Crippen molar-refractivity contribution in [3.05, 3.63) is 47.4 Å². The van der Waals surface area contributed by atoms with Crippen LogP contribution in [0.15, 0.2) is 30.5 Å². The smallest absolute Gasteiger partial charge is 0.341 e. The van der Waals surface area contributed by atoms with Gasteiger partial charge in [0.1, 0.15) is 17.2 Å². The number of nitrogen functional groups attached to an aromatic ring is 1. The van der Waals surface area contributed by atoms with Gasteiger partial charge in [-0.3, -0.25) is 0 Å². The van der Waals surface area contributed by atoms with Gasteiger partial charge in [-0.15, -0.1) is 0 Å². The summed E-state index contributed by atoms with van der Waals surface area (Å²) in [6.45, 7) is 0.233. The van der Waals surface area contributed by atoms with E-state index in [9.17, 15) is 9.18 Å². The van der Waals surface area contributed by atoms with E-state index in [1.807, 2.05) is 0 Å². The van der Waals surface area contributed by atoms with Gasteiger partial charge in [0.05, 0.1) is 12.7 Å². The maximum absolute atomic E-state index is 12.9. The van der Waals surface area contributed by atoms with Crippen LogP contribution < -0.4 is 5.73 Å². The highest BCUT2D eigenvalue weighted by molar-refractivity contribution is 5.92. The van der Waals surface area contributed by atoms with Crippen LogP contribution in [0.25, 0.3) is 0 Å². The van der Waals surface area contributed by atoms with Crippen molar-refractivity contribution in [2.45, 2.75) is 6.54 Å². The first-order valence-electron chi connectivity index (χ1n) is 4.87. The molecule has 0 aliphatic carbocycles. The van der Waals surface area contributed by atoms with E-state index >= 15 is 0 Å². The van der Waals surface area contributed by atoms with Gasteiger partial charge in [-0.05, 0) is 17.7 Å². The molecule has 0 fully saturated rings. The van der Waals surface area contributed by atoms with Crippen molar-refractivity contribution in [2.24, 2.45) is 0 Å². The lowest BCUT2D eigenvalue weighted by Crippen LogP contribution is -2.08. The first-order valence-corrected chi connectivity index (χ1v) is 4.87. The normalized spacial score (nSPS) is 10.4. The molecule has 0 aliphatic heterocycles. The fourth-order valence-electron chi connectivity index (χ4n) is 1.49. The summed E-state index contributed by atoms with van der Waals surface area (Å²) in [7, 11) is 0. The molecule has 17 heavy (non-hydrogen) atoms. The topological polar surface area (TPSA) is 81.1 Å². The van der Waals surface area contributed by atoms with E-state index in [4.69, 9.17) is 10.8 Å². The van der Waals surface area contributed by atoms with Crippen LogP contribution in [-0.4, -0.2) is 20.9 Å². The molecule has 88 valence electrons. The van der Waals surface area contributed by atoms with Gasteiger partial charge in [-0.25, -0.2) is 13.9 Å². The summed E-state index contributed by atoms with van der Waals surface area (Å²) in [5, 5.41) is 12.6. The molecule has 3 N–H and O–H groups in total. The molecule has 2 aromatic rings. The third-order valence-electron chi connectivity index (χ3n) is 2.33. The number of nitrogens with two attached hydrogens (primary N) is 1. The molecule has 0 radical (unpaired) electrons. The minimum absolute atomic E-state index is 0.0543. The number of nitrogens with zero attached hydrogens (tertiary/aromatic N) is 2. The summed E-state index contributed by atoms with van der Waals surface area (Å²) >= 11 is 0. The molecule has 0 amide bonds. The molecule has 0 atom stereocenters. The van der Waals surface area contributed by atoms with E-state index in [1.54, 1.807) is 12.1 Å². The third kappa shape index (κ3) is 2.25. The van der Waals surface area contributed by atoms with Crippen molar-refractivity contribution in [3.63, 3.8) is 0 Å². The molecule has 5 nitrogen and oxygen atoms in total. The van der Waals surface area contributed by atoms with Gasteiger partial charge in [-0.1, -0.05) is 12.1 Å². The second-order valence-electron chi connectivity index (χ2n) is 3.54. The van der Waals surface area contributed by atoms with Crippen molar-refractivity contribution < 1.29 is 14.3 Å². The number of aromatic nitrogens is 2. The summed E-state index contributed by atoms with van der Waals surface area (Å²) in [4.78, 5) is 10.7. The number of carboxylic acid groups (broad SMARTS) is 1. The van der Waals surface area contributed by atoms with Gasteiger partial charge in [0.15, 0.2) is 0 Å². The van der Waals surface area contributed by atoms with E-state index < -0.39 is 5.97 Å². The molecule has 1 aromatic heterocycles. The van der Waals surface area contributed by atoms with E-state index in [1.165, 1.54) is 23.0 Å². The Morgan fingerprint density at radius 1 is 1.53 bits per heavy atom. The number of hydrogen-bond donors (Lipinski definition) is 2. The molecule has 0 aliphatic rings. The lowest BCUT2D eigenvalue weighted by atomic mass is 10.2.